The van der Waals surface area contributed by atoms with Gasteiger partial charge in [-0.2, -0.15) is 13.2 Å². The van der Waals surface area contributed by atoms with Gasteiger partial charge in [0.2, 0.25) is 5.91 Å². The van der Waals surface area contributed by atoms with E-state index in [4.69, 9.17) is 0 Å². The Morgan fingerprint density at radius 1 is 0.923 bits per heavy atom. The molecule has 4 rings (SSSR count). The van der Waals surface area contributed by atoms with Crippen molar-refractivity contribution in [2.24, 2.45) is 0 Å². The van der Waals surface area contributed by atoms with Crippen LogP contribution in [0.1, 0.15) is 17.5 Å². The van der Waals surface area contributed by atoms with Gasteiger partial charge < -0.3 is 4.90 Å². The summed E-state index contributed by atoms with van der Waals surface area (Å²) in [6, 6.07) is 15.5. The number of likely N-dealkylation sites (tertiary alicyclic amines) is 1. The van der Waals surface area contributed by atoms with Gasteiger partial charge in [0.05, 0.1) is 6.04 Å². The van der Waals surface area contributed by atoms with Crippen molar-refractivity contribution in [2.45, 2.75) is 31.7 Å². The Labute approximate surface area is 150 Å². The molecular weight excluding hydrogens is 341 g/mol. The number of alkyl halides is 3. The van der Waals surface area contributed by atoms with E-state index < -0.39 is 24.7 Å². The fraction of sp³-hybridized carbons (Fsp3) is 0.350. The van der Waals surface area contributed by atoms with Crippen molar-refractivity contribution < 1.29 is 18.0 Å². The summed E-state index contributed by atoms with van der Waals surface area (Å²) in [5, 5.41) is 0. The Kier molecular flexibility index (Phi) is 4.23. The molecule has 2 heterocycles. The number of halogens is 3. The third kappa shape index (κ3) is 3.21. The Bertz CT molecular complexity index is 786. The number of nitrogens with zero attached hydrogens (tertiary/aromatic N) is 2. The van der Waals surface area contributed by atoms with Gasteiger partial charge >= 0.3 is 6.18 Å². The van der Waals surface area contributed by atoms with Crippen molar-refractivity contribution in [3.8, 4) is 11.1 Å². The van der Waals surface area contributed by atoms with Crippen LogP contribution in [0.25, 0.3) is 11.1 Å². The summed E-state index contributed by atoms with van der Waals surface area (Å²) >= 11 is 0. The monoisotopic (exact) mass is 360 g/mol. The van der Waals surface area contributed by atoms with Gasteiger partial charge in [-0.3, -0.25) is 9.69 Å². The molecule has 6 heteroatoms. The fourth-order valence-corrected chi connectivity index (χ4v) is 3.99. The third-order valence-corrected chi connectivity index (χ3v) is 5.15. The Hall–Kier alpha value is -2.34. The topological polar surface area (TPSA) is 23.6 Å². The van der Waals surface area contributed by atoms with E-state index in [9.17, 15) is 18.0 Å². The van der Waals surface area contributed by atoms with Gasteiger partial charge in [-0.15, -0.1) is 0 Å². The number of benzene rings is 2. The maximum absolute atomic E-state index is 12.7. The van der Waals surface area contributed by atoms with Gasteiger partial charge in [-0.25, -0.2) is 0 Å². The minimum Gasteiger partial charge on any atom is -0.332 e. The largest absolute Gasteiger partial charge is 0.406 e. The molecule has 1 atom stereocenters. The minimum atomic E-state index is -4.36. The number of carbonyl (C=O) groups is 1. The summed E-state index contributed by atoms with van der Waals surface area (Å²) in [5.74, 6) is -0.417. The van der Waals surface area contributed by atoms with E-state index in [2.05, 4.69) is 12.1 Å². The Morgan fingerprint density at radius 2 is 1.46 bits per heavy atom. The molecule has 0 aliphatic carbocycles. The van der Waals surface area contributed by atoms with E-state index >= 15 is 0 Å². The van der Waals surface area contributed by atoms with Crippen LogP contribution >= 0.6 is 0 Å². The van der Waals surface area contributed by atoms with E-state index in [1.54, 1.807) is 0 Å². The Balaban J connectivity index is 1.64. The van der Waals surface area contributed by atoms with Crippen LogP contribution in [0.15, 0.2) is 48.5 Å². The number of amides is 1. The maximum Gasteiger partial charge on any atom is 0.406 e. The second-order valence-corrected chi connectivity index (χ2v) is 6.90. The van der Waals surface area contributed by atoms with Crippen molar-refractivity contribution in [3.05, 3.63) is 59.7 Å². The molecule has 26 heavy (non-hydrogen) atoms. The molecule has 2 aromatic rings. The first-order valence-electron chi connectivity index (χ1n) is 8.68. The summed E-state index contributed by atoms with van der Waals surface area (Å²) in [6.45, 7) is 0.106. The molecule has 136 valence electrons. The van der Waals surface area contributed by atoms with E-state index in [-0.39, 0.29) is 6.54 Å². The molecule has 0 unspecified atom stereocenters. The van der Waals surface area contributed by atoms with Crippen molar-refractivity contribution in [2.75, 3.05) is 13.1 Å². The fourth-order valence-electron chi connectivity index (χ4n) is 3.99. The van der Waals surface area contributed by atoms with E-state index in [1.807, 2.05) is 41.3 Å². The van der Waals surface area contributed by atoms with Gasteiger partial charge in [0.15, 0.2) is 0 Å². The lowest BCUT2D eigenvalue weighted by Gasteiger charge is -2.27. The predicted molar refractivity (Wildman–Crippen MR) is 92.2 cm³/mol. The number of hydrogen-bond donors (Lipinski definition) is 0. The maximum atomic E-state index is 12.7. The third-order valence-electron chi connectivity index (χ3n) is 5.15. The highest BCUT2D eigenvalue weighted by atomic mass is 19.4. The highest BCUT2D eigenvalue weighted by Gasteiger charge is 2.42. The van der Waals surface area contributed by atoms with Gasteiger partial charge in [-0.05, 0) is 28.7 Å². The highest BCUT2D eigenvalue weighted by Crippen LogP contribution is 2.35. The molecule has 0 radical (unpaired) electrons. The average molecular weight is 360 g/mol. The number of carbonyl (C=O) groups excluding carboxylic acids is 1. The predicted octanol–water partition coefficient (Wildman–Crippen LogP) is 3.83. The van der Waals surface area contributed by atoms with Crippen molar-refractivity contribution in [3.63, 3.8) is 0 Å². The first-order valence-corrected chi connectivity index (χ1v) is 8.68. The van der Waals surface area contributed by atoms with Crippen molar-refractivity contribution in [1.82, 2.24) is 9.80 Å². The smallest absolute Gasteiger partial charge is 0.332 e. The zero-order valence-electron chi connectivity index (χ0n) is 14.2. The minimum absolute atomic E-state index is 0.156. The summed E-state index contributed by atoms with van der Waals surface area (Å²) in [5.41, 5.74) is 4.45. The van der Waals surface area contributed by atoms with Crippen LogP contribution < -0.4 is 0 Å². The van der Waals surface area contributed by atoms with Crippen LogP contribution in [0.5, 0.6) is 0 Å². The quantitative estimate of drug-likeness (QED) is 0.813. The zero-order valence-corrected chi connectivity index (χ0v) is 14.2. The summed E-state index contributed by atoms with van der Waals surface area (Å²) in [7, 11) is 0. The lowest BCUT2D eigenvalue weighted by molar-refractivity contribution is -0.159. The molecule has 3 nitrogen and oxygen atoms in total. The summed E-state index contributed by atoms with van der Waals surface area (Å²) < 4.78 is 38.1. The van der Waals surface area contributed by atoms with Crippen LogP contribution in [0.3, 0.4) is 0 Å². The second-order valence-electron chi connectivity index (χ2n) is 6.90. The molecule has 0 aromatic heterocycles. The molecule has 2 aliphatic heterocycles. The molecule has 0 spiro atoms. The highest BCUT2D eigenvalue weighted by molar-refractivity contribution is 5.84. The molecule has 1 saturated heterocycles. The Morgan fingerprint density at radius 3 is 2.00 bits per heavy atom. The molecule has 1 amide bonds. The zero-order chi connectivity index (χ0) is 18.3. The summed E-state index contributed by atoms with van der Waals surface area (Å²) in [6.07, 6.45) is -3.93. The van der Waals surface area contributed by atoms with Crippen LogP contribution in [-0.4, -0.2) is 41.0 Å². The number of fused-ring (bicyclic) bond motifs is 3. The van der Waals surface area contributed by atoms with Crippen LogP contribution in [0.4, 0.5) is 13.2 Å². The standard InChI is InChI=1S/C20H19F3N2O/c21-20(22,23)13-24-10-9-18(19(24)26)25-11-14-5-1-3-7-16(14)17-8-4-2-6-15(17)12-25/h1-8,18H,9-13H2/t18-/m1/s1. The number of rotatable bonds is 2. The summed E-state index contributed by atoms with van der Waals surface area (Å²) in [4.78, 5) is 15.6. The lowest BCUT2D eigenvalue weighted by Crippen LogP contribution is -2.43. The number of hydrogen-bond acceptors (Lipinski definition) is 2. The molecule has 0 saturated carbocycles. The van der Waals surface area contributed by atoms with Crippen LogP contribution in [0.2, 0.25) is 0 Å². The van der Waals surface area contributed by atoms with Crippen molar-refractivity contribution in [1.29, 1.82) is 0 Å². The normalized spacial score (nSPS) is 20.7. The van der Waals surface area contributed by atoms with Gasteiger partial charge in [0.1, 0.15) is 6.54 Å². The van der Waals surface area contributed by atoms with E-state index in [1.165, 1.54) is 0 Å². The van der Waals surface area contributed by atoms with Crippen molar-refractivity contribution >= 4 is 5.91 Å². The van der Waals surface area contributed by atoms with Crippen LogP contribution in [-0.2, 0) is 17.9 Å². The SMILES string of the molecule is O=C1[C@H](N2Cc3ccccc3-c3ccccc3C2)CCN1CC(F)(F)F. The molecule has 0 N–H and O–H groups in total. The average Bonchev–Trinajstić information content (AvgIpc) is 2.86. The van der Waals surface area contributed by atoms with Gasteiger partial charge in [-0.1, -0.05) is 48.5 Å². The first kappa shape index (κ1) is 17.1. The molecule has 1 fully saturated rings. The van der Waals surface area contributed by atoms with E-state index in [0.29, 0.717) is 19.5 Å². The second kappa shape index (κ2) is 6.43. The molecule has 0 bridgehead atoms. The van der Waals surface area contributed by atoms with Crippen LogP contribution in [0, 0.1) is 0 Å². The lowest BCUT2D eigenvalue weighted by atomic mass is 9.97. The van der Waals surface area contributed by atoms with E-state index in [0.717, 1.165) is 27.2 Å². The molecular formula is C20H19F3N2O. The molecule has 2 aliphatic rings. The first-order chi connectivity index (χ1) is 12.4. The molecule has 2 aromatic carbocycles. The van der Waals surface area contributed by atoms with Gasteiger partial charge in [0.25, 0.3) is 0 Å². The van der Waals surface area contributed by atoms with Gasteiger partial charge in [0, 0.05) is 19.6 Å².